The fourth-order valence-corrected chi connectivity index (χ4v) is 4.05. The van der Waals surface area contributed by atoms with Gasteiger partial charge in [-0.2, -0.15) is 0 Å². The van der Waals surface area contributed by atoms with E-state index < -0.39 is 10.0 Å². The second-order valence-electron chi connectivity index (χ2n) is 7.04. The van der Waals surface area contributed by atoms with Crippen LogP contribution in [0.3, 0.4) is 0 Å². The highest BCUT2D eigenvalue weighted by Gasteiger charge is 2.17. The summed E-state index contributed by atoms with van der Waals surface area (Å²) in [6.07, 6.45) is 3.56. The Morgan fingerprint density at radius 3 is 2.41 bits per heavy atom. The molecule has 1 N–H and O–H groups in total. The van der Waals surface area contributed by atoms with Crippen LogP contribution in [0.25, 0.3) is 0 Å². The monoisotopic (exact) mass is 418 g/mol. The molecule has 0 heterocycles. The van der Waals surface area contributed by atoms with Gasteiger partial charge >= 0.3 is 0 Å². The first-order valence-corrected chi connectivity index (χ1v) is 11.6. The van der Waals surface area contributed by atoms with Gasteiger partial charge in [0, 0.05) is 19.5 Å². The zero-order valence-corrected chi connectivity index (χ0v) is 18.2. The summed E-state index contributed by atoms with van der Waals surface area (Å²) < 4.78 is 30.9. The van der Waals surface area contributed by atoms with Crippen LogP contribution in [0.2, 0.25) is 0 Å². The zero-order valence-electron chi connectivity index (χ0n) is 17.3. The lowest BCUT2D eigenvalue weighted by Gasteiger charge is -2.22. The Bertz CT molecular complexity index is 895. The van der Waals surface area contributed by atoms with Crippen LogP contribution >= 0.6 is 0 Å². The van der Waals surface area contributed by atoms with E-state index in [9.17, 15) is 13.2 Å². The van der Waals surface area contributed by atoms with E-state index in [1.54, 1.807) is 19.2 Å². The molecule has 7 heteroatoms. The van der Waals surface area contributed by atoms with E-state index >= 15 is 0 Å². The van der Waals surface area contributed by atoms with E-state index in [-0.39, 0.29) is 18.9 Å². The molecule has 0 aliphatic carbocycles. The number of nitrogens with zero attached hydrogens (tertiary/aromatic N) is 1. The Kier molecular flexibility index (Phi) is 8.51. The van der Waals surface area contributed by atoms with Crippen molar-refractivity contribution in [3.05, 3.63) is 59.7 Å². The fourth-order valence-electron chi connectivity index (χ4n) is 3.09. The van der Waals surface area contributed by atoms with Crippen LogP contribution in [0.15, 0.2) is 48.5 Å². The van der Waals surface area contributed by atoms with Gasteiger partial charge in [0.05, 0.1) is 19.1 Å². The van der Waals surface area contributed by atoms with Crippen LogP contribution in [-0.4, -0.2) is 40.8 Å². The molecule has 0 aliphatic rings. The first kappa shape index (κ1) is 22.7. The minimum absolute atomic E-state index is 0.0672. The molecule has 0 radical (unpaired) electrons. The molecule has 0 aromatic heterocycles. The number of sulfonamides is 1. The van der Waals surface area contributed by atoms with Crippen LogP contribution in [0.4, 0.5) is 5.69 Å². The van der Waals surface area contributed by atoms with Crippen molar-refractivity contribution in [1.29, 1.82) is 0 Å². The standard InChI is InChI=1S/C22H30N2O4S/c1-18-12-14-20(15-13-18)24(29(3,26)27)17-7-11-22(25)23-16-6-9-19-8-4-5-10-21(19)28-2/h4-5,8,10,12-15H,6-7,9,11,16-17H2,1-3H3,(H,23,25). The third-order valence-electron chi connectivity index (χ3n) is 4.62. The Labute approximate surface area is 173 Å². The average Bonchev–Trinajstić information content (AvgIpc) is 2.69. The Morgan fingerprint density at radius 1 is 1.07 bits per heavy atom. The van der Waals surface area contributed by atoms with E-state index in [0.29, 0.717) is 18.7 Å². The molecule has 2 aromatic rings. The van der Waals surface area contributed by atoms with Crippen LogP contribution < -0.4 is 14.4 Å². The van der Waals surface area contributed by atoms with Gasteiger partial charge in [0.2, 0.25) is 15.9 Å². The molecule has 0 saturated carbocycles. The summed E-state index contributed by atoms with van der Waals surface area (Å²) in [5.41, 5.74) is 2.80. The van der Waals surface area contributed by atoms with E-state index in [4.69, 9.17) is 4.74 Å². The third-order valence-corrected chi connectivity index (χ3v) is 5.82. The van der Waals surface area contributed by atoms with Crippen molar-refractivity contribution in [3.8, 4) is 5.75 Å². The number of hydrogen-bond acceptors (Lipinski definition) is 4. The van der Waals surface area contributed by atoms with Gasteiger partial charge in [-0.3, -0.25) is 9.10 Å². The van der Waals surface area contributed by atoms with E-state index in [1.165, 1.54) is 10.6 Å². The largest absolute Gasteiger partial charge is 0.496 e. The number of anilines is 1. The maximum atomic E-state index is 12.1. The summed E-state index contributed by atoms with van der Waals surface area (Å²) in [6, 6.07) is 15.2. The smallest absolute Gasteiger partial charge is 0.232 e. The lowest BCUT2D eigenvalue weighted by atomic mass is 10.1. The molecular weight excluding hydrogens is 388 g/mol. The molecule has 0 saturated heterocycles. The number of hydrogen-bond donors (Lipinski definition) is 1. The highest BCUT2D eigenvalue weighted by atomic mass is 32.2. The molecule has 0 unspecified atom stereocenters. The summed E-state index contributed by atoms with van der Waals surface area (Å²) in [4.78, 5) is 12.1. The van der Waals surface area contributed by atoms with Crippen LogP contribution in [0.1, 0.15) is 30.4 Å². The highest BCUT2D eigenvalue weighted by molar-refractivity contribution is 7.92. The number of amides is 1. The number of carbonyl (C=O) groups is 1. The van der Waals surface area contributed by atoms with Gasteiger partial charge < -0.3 is 10.1 Å². The lowest BCUT2D eigenvalue weighted by Crippen LogP contribution is -2.32. The van der Waals surface area contributed by atoms with Crippen LogP contribution in [0.5, 0.6) is 5.75 Å². The van der Waals surface area contributed by atoms with Gasteiger partial charge in [0.25, 0.3) is 0 Å². The number of nitrogens with one attached hydrogen (secondary N) is 1. The van der Waals surface area contributed by atoms with Gasteiger partial charge in [-0.15, -0.1) is 0 Å². The first-order valence-electron chi connectivity index (χ1n) is 9.74. The van der Waals surface area contributed by atoms with Gasteiger partial charge in [-0.1, -0.05) is 35.9 Å². The normalized spacial score (nSPS) is 11.1. The van der Waals surface area contributed by atoms with Crippen molar-refractivity contribution < 1.29 is 17.9 Å². The van der Waals surface area contributed by atoms with Gasteiger partial charge in [0.1, 0.15) is 5.75 Å². The third kappa shape index (κ3) is 7.42. The van der Waals surface area contributed by atoms with Crippen LogP contribution in [-0.2, 0) is 21.2 Å². The van der Waals surface area contributed by atoms with Crippen molar-refractivity contribution in [2.75, 3.05) is 30.8 Å². The Morgan fingerprint density at radius 2 is 1.76 bits per heavy atom. The number of ether oxygens (including phenoxy) is 1. The summed E-state index contributed by atoms with van der Waals surface area (Å²) in [7, 11) is -1.75. The van der Waals surface area contributed by atoms with E-state index in [1.807, 2.05) is 43.3 Å². The number of aryl methyl sites for hydroxylation is 2. The maximum absolute atomic E-state index is 12.1. The predicted octanol–water partition coefficient (Wildman–Crippen LogP) is 3.30. The Balaban J connectivity index is 1.75. The van der Waals surface area contributed by atoms with Crippen molar-refractivity contribution in [2.24, 2.45) is 0 Å². The topological polar surface area (TPSA) is 75.7 Å². The highest BCUT2D eigenvalue weighted by Crippen LogP contribution is 2.19. The predicted molar refractivity (Wildman–Crippen MR) is 117 cm³/mol. The number of benzene rings is 2. The molecule has 2 aromatic carbocycles. The van der Waals surface area contributed by atoms with Crippen LogP contribution in [0, 0.1) is 6.92 Å². The number of methoxy groups -OCH3 is 1. The SMILES string of the molecule is COc1ccccc1CCCNC(=O)CCCN(c1ccc(C)cc1)S(C)(=O)=O. The number of para-hydroxylation sites is 1. The second-order valence-corrected chi connectivity index (χ2v) is 8.95. The molecule has 29 heavy (non-hydrogen) atoms. The molecule has 158 valence electrons. The van der Waals surface area contributed by atoms with E-state index in [2.05, 4.69) is 5.32 Å². The van der Waals surface area contributed by atoms with Crippen molar-refractivity contribution in [2.45, 2.75) is 32.6 Å². The summed E-state index contributed by atoms with van der Waals surface area (Å²) in [5, 5.41) is 2.90. The van der Waals surface area contributed by atoms with Gasteiger partial charge in [-0.05, 0) is 49.9 Å². The van der Waals surface area contributed by atoms with Crippen molar-refractivity contribution >= 4 is 21.6 Å². The quantitative estimate of drug-likeness (QED) is 0.568. The molecule has 0 bridgehead atoms. The lowest BCUT2D eigenvalue weighted by molar-refractivity contribution is -0.121. The molecule has 0 spiro atoms. The maximum Gasteiger partial charge on any atom is 0.232 e. The van der Waals surface area contributed by atoms with Crippen molar-refractivity contribution in [3.63, 3.8) is 0 Å². The summed E-state index contributed by atoms with van der Waals surface area (Å²) in [6.45, 7) is 2.80. The molecule has 0 fully saturated rings. The second kappa shape index (κ2) is 10.9. The van der Waals surface area contributed by atoms with Crippen molar-refractivity contribution in [1.82, 2.24) is 5.32 Å². The first-order chi connectivity index (χ1) is 13.8. The number of rotatable bonds is 11. The van der Waals surface area contributed by atoms with E-state index in [0.717, 1.165) is 29.7 Å². The molecule has 6 nitrogen and oxygen atoms in total. The zero-order chi connectivity index (χ0) is 21.3. The molecule has 0 atom stereocenters. The minimum Gasteiger partial charge on any atom is -0.496 e. The van der Waals surface area contributed by atoms with Gasteiger partial charge in [0.15, 0.2) is 0 Å². The summed E-state index contributed by atoms with van der Waals surface area (Å²) in [5.74, 6) is 0.790. The molecular formula is C22H30N2O4S. The fraction of sp³-hybridized carbons (Fsp3) is 0.409. The molecule has 2 rings (SSSR count). The average molecular weight is 419 g/mol. The molecule has 1 amide bonds. The summed E-state index contributed by atoms with van der Waals surface area (Å²) >= 11 is 0. The Hall–Kier alpha value is -2.54. The minimum atomic E-state index is -3.40. The molecule has 0 aliphatic heterocycles. The number of carbonyl (C=O) groups excluding carboxylic acids is 1. The van der Waals surface area contributed by atoms with Gasteiger partial charge in [-0.25, -0.2) is 8.42 Å².